The quantitative estimate of drug-likeness (QED) is 0.691. The molecule has 0 aliphatic heterocycles. The minimum Gasteiger partial charge on any atom is -0.365 e. The fraction of sp³-hybridized carbons (Fsp3) is 0.300. The molecule has 0 N–H and O–H groups in total. The van der Waals surface area contributed by atoms with Gasteiger partial charge < -0.3 is 9.69 Å². The van der Waals surface area contributed by atoms with Crippen LogP contribution in [0, 0.1) is 0 Å². The Bertz CT molecular complexity index is 271. The topological polar surface area (TPSA) is 20.3 Å². The van der Waals surface area contributed by atoms with E-state index in [0.29, 0.717) is 11.6 Å². The SMILES string of the molecule is CCN(CC=O)c1ccc(Cl)cc1. The van der Waals surface area contributed by atoms with Crippen molar-refractivity contribution in [3.8, 4) is 0 Å². The molecular formula is C10H12ClNO. The van der Waals surface area contributed by atoms with E-state index in [9.17, 15) is 4.79 Å². The minimum atomic E-state index is 0.429. The molecule has 0 saturated carbocycles. The van der Waals surface area contributed by atoms with Crippen molar-refractivity contribution in [3.63, 3.8) is 0 Å². The third kappa shape index (κ3) is 2.74. The molecule has 0 bridgehead atoms. The second-order valence-corrected chi connectivity index (χ2v) is 3.12. The lowest BCUT2D eigenvalue weighted by Gasteiger charge is -2.19. The number of carbonyl (C=O) groups is 1. The molecule has 3 heteroatoms. The molecule has 1 aromatic rings. The molecule has 0 aromatic heterocycles. The summed E-state index contributed by atoms with van der Waals surface area (Å²) in [6.45, 7) is 3.26. The number of hydrogen-bond donors (Lipinski definition) is 0. The molecule has 70 valence electrons. The molecule has 0 fully saturated rings. The molecule has 0 amide bonds. The summed E-state index contributed by atoms with van der Waals surface area (Å²) in [5.74, 6) is 0. The predicted octanol–water partition coefficient (Wildman–Crippen LogP) is 2.37. The van der Waals surface area contributed by atoms with Gasteiger partial charge in [0.25, 0.3) is 0 Å². The van der Waals surface area contributed by atoms with Crippen LogP contribution in [0.4, 0.5) is 5.69 Å². The van der Waals surface area contributed by atoms with Crippen molar-refractivity contribution in [2.45, 2.75) is 6.92 Å². The van der Waals surface area contributed by atoms with Crippen LogP contribution in [0.1, 0.15) is 6.92 Å². The normalized spacial score (nSPS) is 9.69. The van der Waals surface area contributed by atoms with Crippen molar-refractivity contribution >= 4 is 23.6 Å². The molecule has 0 saturated heterocycles. The summed E-state index contributed by atoms with van der Waals surface area (Å²) in [5, 5.41) is 0.714. The summed E-state index contributed by atoms with van der Waals surface area (Å²) >= 11 is 5.75. The number of likely N-dealkylation sites (N-methyl/N-ethyl adjacent to an activating group) is 1. The van der Waals surface area contributed by atoms with Crippen LogP contribution in [0.5, 0.6) is 0 Å². The van der Waals surface area contributed by atoms with Gasteiger partial charge in [-0.3, -0.25) is 0 Å². The Balaban J connectivity index is 2.78. The molecule has 0 aliphatic carbocycles. The van der Waals surface area contributed by atoms with Gasteiger partial charge in [0.2, 0.25) is 0 Å². The number of nitrogens with zero attached hydrogens (tertiary/aromatic N) is 1. The molecule has 1 aromatic carbocycles. The highest BCUT2D eigenvalue weighted by Crippen LogP contribution is 2.16. The highest BCUT2D eigenvalue weighted by Gasteiger charge is 2.01. The Morgan fingerprint density at radius 2 is 2.00 bits per heavy atom. The van der Waals surface area contributed by atoms with Gasteiger partial charge in [-0.1, -0.05) is 11.6 Å². The van der Waals surface area contributed by atoms with Gasteiger partial charge in [-0.05, 0) is 31.2 Å². The highest BCUT2D eigenvalue weighted by atomic mass is 35.5. The van der Waals surface area contributed by atoms with Crippen molar-refractivity contribution in [3.05, 3.63) is 29.3 Å². The van der Waals surface area contributed by atoms with Crippen molar-refractivity contribution in [1.29, 1.82) is 0 Å². The molecule has 0 heterocycles. The molecule has 13 heavy (non-hydrogen) atoms. The fourth-order valence-electron chi connectivity index (χ4n) is 1.16. The first-order valence-corrected chi connectivity index (χ1v) is 4.60. The lowest BCUT2D eigenvalue weighted by Crippen LogP contribution is -2.24. The standard InChI is InChI=1S/C10H12ClNO/c1-2-12(7-8-13)10-5-3-9(11)4-6-10/h3-6,8H,2,7H2,1H3. The second-order valence-electron chi connectivity index (χ2n) is 2.68. The summed E-state index contributed by atoms with van der Waals surface area (Å²) in [7, 11) is 0. The minimum absolute atomic E-state index is 0.429. The van der Waals surface area contributed by atoms with E-state index in [1.54, 1.807) is 0 Å². The predicted molar refractivity (Wildman–Crippen MR) is 55.4 cm³/mol. The van der Waals surface area contributed by atoms with E-state index in [0.717, 1.165) is 18.5 Å². The number of hydrogen-bond acceptors (Lipinski definition) is 2. The zero-order valence-electron chi connectivity index (χ0n) is 7.53. The maximum atomic E-state index is 10.3. The lowest BCUT2D eigenvalue weighted by molar-refractivity contribution is -0.106. The molecule has 0 spiro atoms. The fourth-order valence-corrected chi connectivity index (χ4v) is 1.28. The lowest BCUT2D eigenvalue weighted by atomic mass is 10.3. The van der Waals surface area contributed by atoms with Crippen LogP contribution >= 0.6 is 11.6 Å². The van der Waals surface area contributed by atoms with E-state index in [2.05, 4.69) is 0 Å². The Hall–Kier alpha value is -1.02. The third-order valence-corrected chi connectivity index (χ3v) is 2.12. The van der Waals surface area contributed by atoms with Gasteiger partial charge in [-0.2, -0.15) is 0 Å². The Morgan fingerprint density at radius 3 is 2.46 bits per heavy atom. The van der Waals surface area contributed by atoms with Crippen LogP contribution in [-0.4, -0.2) is 19.4 Å². The Labute approximate surface area is 83.1 Å². The number of halogens is 1. The largest absolute Gasteiger partial charge is 0.365 e. The monoisotopic (exact) mass is 197 g/mol. The van der Waals surface area contributed by atoms with Crippen LogP contribution in [0.2, 0.25) is 5.02 Å². The summed E-state index contributed by atoms with van der Waals surface area (Å²) in [5.41, 5.74) is 1.03. The molecule has 0 aliphatic rings. The van der Waals surface area contributed by atoms with Gasteiger partial charge in [0, 0.05) is 17.3 Å². The van der Waals surface area contributed by atoms with Gasteiger partial charge >= 0.3 is 0 Å². The summed E-state index contributed by atoms with van der Waals surface area (Å²) < 4.78 is 0. The van der Waals surface area contributed by atoms with E-state index in [1.807, 2.05) is 36.1 Å². The first-order chi connectivity index (χ1) is 6.27. The zero-order valence-corrected chi connectivity index (χ0v) is 8.29. The van der Waals surface area contributed by atoms with Crippen molar-refractivity contribution in [2.75, 3.05) is 18.0 Å². The maximum Gasteiger partial charge on any atom is 0.139 e. The van der Waals surface area contributed by atoms with Crippen LogP contribution in [0.25, 0.3) is 0 Å². The zero-order chi connectivity index (χ0) is 9.68. The van der Waals surface area contributed by atoms with E-state index in [4.69, 9.17) is 11.6 Å². The average molecular weight is 198 g/mol. The molecule has 0 radical (unpaired) electrons. The van der Waals surface area contributed by atoms with Gasteiger partial charge in [0.05, 0.1) is 6.54 Å². The van der Waals surface area contributed by atoms with Gasteiger partial charge in [0.1, 0.15) is 6.29 Å². The number of anilines is 1. The summed E-state index contributed by atoms with van der Waals surface area (Å²) in [6.07, 6.45) is 0.901. The van der Waals surface area contributed by atoms with Crippen molar-refractivity contribution in [2.24, 2.45) is 0 Å². The van der Waals surface area contributed by atoms with Crippen LogP contribution in [-0.2, 0) is 4.79 Å². The summed E-state index contributed by atoms with van der Waals surface area (Å²) in [6, 6.07) is 7.47. The van der Waals surface area contributed by atoms with Crippen molar-refractivity contribution < 1.29 is 4.79 Å². The molecule has 1 rings (SSSR count). The third-order valence-electron chi connectivity index (χ3n) is 1.87. The van der Waals surface area contributed by atoms with Crippen LogP contribution < -0.4 is 4.90 Å². The maximum absolute atomic E-state index is 10.3. The number of aldehydes is 1. The second kappa shape index (κ2) is 4.87. The number of carbonyl (C=O) groups excluding carboxylic acids is 1. The Kier molecular flexibility index (Phi) is 3.77. The average Bonchev–Trinajstić information content (AvgIpc) is 2.16. The molecule has 2 nitrogen and oxygen atoms in total. The highest BCUT2D eigenvalue weighted by molar-refractivity contribution is 6.30. The van der Waals surface area contributed by atoms with E-state index in [1.165, 1.54) is 0 Å². The van der Waals surface area contributed by atoms with Gasteiger partial charge in [-0.15, -0.1) is 0 Å². The number of rotatable bonds is 4. The van der Waals surface area contributed by atoms with Gasteiger partial charge in [0.15, 0.2) is 0 Å². The number of benzene rings is 1. The van der Waals surface area contributed by atoms with Crippen molar-refractivity contribution in [1.82, 2.24) is 0 Å². The van der Waals surface area contributed by atoms with Crippen LogP contribution in [0.15, 0.2) is 24.3 Å². The van der Waals surface area contributed by atoms with E-state index in [-0.39, 0.29) is 0 Å². The smallest absolute Gasteiger partial charge is 0.139 e. The van der Waals surface area contributed by atoms with E-state index >= 15 is 0 Å². The van der Waals surface area contributed by atoms with Crippen LogP contribution in [0.3, 0.4) is 0 Å². The van der Waals surface area contributed by atoms with Gasteiger partial charge in [-0.25, -0.2) is 0 Å². The molecule has 0 unspecified atom stereocenters. The first kappa shape index (κ1) is 10.1. The molecule has 0 atom stereocenters. The Morgan fingerprint density at radius 1 is 1.38 bits per heavy atom. The summed E-state index contributed by atoms with van der Waals surface area (Å²) in [4.78, 5) is 12.3. The molecular weight excluding hydrogens is 186 g/mol. The first-order valence-electron chi connectivity index (χ1n) is 4.22. The van der Waals surface area contributed by atoms with E-state index < -0.39 is 0 Å².